The molecular formula is C14H23N3O. The summed E-state index contributed by atoms with van der Waals surface area (Å²) >= 11 is 0. The van der Waals surface area contributed by atoms with E-state index in [1.807, 2.05) is 25.0 Å². The second kappa shape index (κ2) is 4.67. The maximum Gasteiger partial charge on any atom is 0.0675 e. The monoisotopic (exact) mass is 249 g/mol. The van der Waals surface area contributed by atoms with Gasteiger partial charge >= 0.3 is 0 Å². The molecule has 0 spiro atoms. The molecule has 1 aromatic rings. The zero-order valence-electron chi connectivity index (χ0n) is 11.4. The second-order valence-electron chi connectivity index (χ2n) is 5.97. The summed E-state index contributed by atoms with van der Waals surface area (Å²) in [6.07, 6.45) is 9.54. The molecule has 1 aliphatic carbocycles. The molecular weight excluding hydrogens is 226 g/mol. The summed E-state index contributed by atoms with van der Waals surface area (Å²) in [7, 11) is 4.03. The van der Waals surface area contributed by atoms with Crippen LogP contribution in [-0.2, 0) is 18.2 Å². The number of nitrogens with zero attached hydrogens (tertiary/aromatic N) is 2. The molecule has 2 heterocycles. The Kier molecular flexibility index (Phi) is 3.16. The minimum atomic E-state index is 0.277. The highest BCUT2D eigenvalue weighted by atomic mass is 16.5. The minimum absolute atomic E-state index is 0.277. The number of aryl methyl sites for hydroxylation is 1. The summed E-state index contributed by atoms with van der Waals surface area (Å²) in [5.41, 5.74) is 1.61. The van der Waals surface area contributed by atoms with E-state index in [-0.39, 0.29) is 5.41 Å². The van der Waals surface area contributed by atoms with Crippen LogP contribution in [0.15, 0.2) is 12.4 Å². The lowest BCUT2D eigenvalue weighted by molar-refractivity contribution is 0.0314. The fourth-order valence-electron chi connectivity index (χ4n) is 3.51. The van der Waals surface area contributed by atoms with Crippen LogP contribution in [0.1, 0.15) is 24.8 Å². The lowest BCUT2D eigenvalue weighted by atomic mass is 9.74. The standard InChI is InChI=1S/C14H23N3O/c1-15-10-14(7-11-8-16-17(2)9-11)5-6-18-13(14)12-3-4-12/h8-9,12-13,15H,3-7,10H2,1-2H3. The van der Waals surface area contributed by atoms with Gasteiger partial charge in [-0.15, -0.1) is 0 Å². The Morgan fingerprint density at radius 2 is 2.39 bits per heavy atom. The highest BCUT2D eigenvalue weighted by Gasteiger charge is 2.50. The fraction of sp³-hybridized carbons (Fsp3) is 0.786. The molecule has 1 N–H and O–H groups in total. The molecule has 1 aromatic heterocycles. The molecule has 2 unspecified atom stereocenters. The molecule has 0 aromatic carbocycles. The first-order valence-electron chi connectivity index (χ1n) is 6.97. The van der Waals surface area contributed by atoms with Gasteiger partial charge in [0.05, 0.1) is 12.3 Å². The highest BCUT2D eigenvalue weighted by molar-refractivity contribution is 5.12. The SMILES string of the molecule is CNCC1(Cc2cnn(C)c2)CCOC1C1CC1. The molecule has 4 heteroatoms. The molecule has 1 saturated carbocycles. The topological polar surface area (TPSA) is 39.1 Å². The van der Waals surface area contributed by atoms with E-state index in [1.165, 1.54) is 24.8 Å². The van der Waals surface area contributed by atoms with Gasteiger partial charge in [-0.3, -0.25) is 4.68 Å². The first-order valence-corrected chi connectivity index (χ1v) is 6.97. The molecule has 1 saturated heterocycles. The predicted octanol–water partition coefficient (Wildman–Crippen LogP) is 1.37. The first kappa shape index (κ1) is 12.2. The Hall–Kier alpha value is -0.870. The van der Waals surface area contributed by atoms with Gasteiger partial charge in [0.1, 0.15) is 0 Å². The van der Waals surface area contributed by atoms with Crippen molar-refractivity contribution >= 4 is 0 Å². The van der Waals surface area contributed by atoms with Crippen molar-refractivity contribution in [3.63, 3.8) is 0 Å². The number of hydrogen-bond acceptors (Lipinski definition) is 3. The Morgan fingerprint density at radius 1 is 1.56 bits per heavy atom. The largest absolute Gasteiger partial charge is 0.377 e. The molecule has 100 valence electrons. The zero-order valence-corrected chi connectivity index (χ0v) is 11.4. The van der Waals surface area contributed by atoms with Crippen LogP contribution < -0.4 is 5.32 Å². The zero-order chi connectivity index (χ0) is 12.6. The fourth-order valence-corrected chi connectivity index (χ4v) is 3.51. The van der Waals surface area contributed by atoms with Gasteiger partial charge in [0.2, 0.25) is 0 Å². The van der Waals surface area contributed by atoms with E-state index in [4.69, 9.17) is 4.74 Å². The van der Waals surface area contributed by atoms with Crippen LogP contribution in [0.5, 0.6) is 0 Å². The van der Waals surface area contributed by atoms with E-state index in [0.717, 1.165) is 25.5 Å². The van der Waals surface area contributed by atoms with E-state index in [0.29, 0.717) is 6.10 Å². The number of aromatic nitrogens is 2. The lowest BCUT2D eigenvalue weighted by Crippen LogP contribution is -2.42. The van der Waals surface area contributed by atoms with Crippen molar-refractivity contribution in [1.29, 1.82) is 0 Å². The number of nitrogens with one attached hydrogen (secondary N) is 1. The van der Waals surface area contributed by atoms with Crippen LogP contribution in [0.25, 0.3) is 0 Å². The lowest BCUT2D eigenvalue weighted by Gasteiger charge is -2.34. The maximum atomic E-state index is 6.06. The molecule has 4 nitrogen and oxygen atoms in total. The van der Waals surface area contributed by atoms with Crippen molar-refractivity contribution in [3.05, 3.63) is 18.0 Å². The van der Waals surface area contributed by atoms with Crippen molar-refractivity contribution in [2.75, 3.05) is 20.2 Å². The molecule has 18 heavy (non-hydrogen) atoms. The van der Waals surface area contributed by atoms with Crippen LogP contribution in [0.4, 0.5) is 0 Å². The summed E-state index contributed by atoms with van der Waals surface area (Å²) in [5.74, 6) is 0.803. The van der Waals surface area contributed by atoms with E-state index < -0.39 is 0 Å². The number of rotatable bonds is 5. The average molecular weight is 249 g/mol. The number of hydrogen-bond donors (Lipinski definition) is 1. The first-order chi connectivity index (χ1) is 8.73. The minimum Gasteiger partial charge on any atom is -0.377 e. The van der Waals surface area contributed by atoms with Gasteiger partial charge in [0.25, 0.3) is 0 Å². The van der Waals surface area contributed by atoms with Gasteiger partial charge in [0, 0.05) is 31.8 Å². The second-order valence-corrected chi connectivity index (χ2v) is 5.97. The average Bonchev–Trinajstić information content (AvgIpc) is 2.98. The quantitative estimate of drug-likeness (QED) is 0.856. The Bertz CT molecular complexity index is 413. The van der Waals surface area contributed by atoms with Gasteiger partial charge < -0.3 is 10.1 Å². The van der Waals surface area contributed by atoms with Crippen LogP contribution in [0.3, 0.4) is 0 Å². The van der Waals surface area contributed by atoms with E-state index in [9.17, 15) is 0 Å². The highest BCUT2D eigenvalue weighted by Crippen LogP contribution is 2.49. The molecule has 3 rings (SSSR count). The Balaban J connectivity index is 1.81. The molecule has 1 aliphatic heterocycles. The van der Waals surface area contributed by atoms with E-state index in [1.54, 1.807) is 0 Å². The third kappa shape index (κ3) is 2.19. The van der Waals surface area contributed by atoms with Crippen molar-refractivity contribution in [2.24, 2.45) is 18.4 Å². The molecule has 0 radical (unpaired) electrons. The maximum absolute atomic E-state index is 6.06. The molecule has 0 bridgehead atoms. The van der Waals surface area contributed by atoms with Gasteiger partial charge in [-0.2, -0.15) is 5.10 Å². The number of ether oxygens (including phenoxy) is 1. The van der Waals surface area contributed by atoms with Crippen LogP contribution in [-0.4, -0.2) is 36.1 Å². The molecule has 2 fully saturated rings. The predicted molar refractivity (Wildman–Crippen MR) is 70.4 cm³/mol. The van der Waals surface area contributed by atoms with Crippen LogP contribution >= 0.6 is 0 Å². The van der Waals surface area contributed by atoms with E-state index in [2.05, 4.69) is 16.6 Å². The van der Waals surface area contributed by atoms with E-state index >= 15 is 0 Å². The van der Waals surface area contributed by atoms with Crippen molar-refractivity contribution in [1.82, 2.24) is 15.1 Å². The Labute approximate surface area is 109 Å². The molecule has 2 atom stereocenters. The summed E-state index contributed by atoms with van der Waals surface area (Å²) < 4.78 is 7.95. The molecule has 2 aliphatic rings. The van der Waals surface area contributed by atoms with Crippen molar-refractivity contribution in [3.8, 4) is 0 Å². The summed E-state index contributed by atoms with van der Waals surface area (Å²) in [6, 6.07) is 0. The third-order valence-electron chi connectivity index (χ3n) is 4.39. The molecule has 0 amide bonds. The van der Waals surface area contributed by atoms with Gasteiger partial charge in [0.15, 0.2) is 0 Å². The third-order valence-corrected chi connectivity index (χ3v) is 4.39. The normalized spacial score (nSPS) is 32.0. The van der Waals surface area contributed by atoms with Crippen LogP contribution in [0, 0.1) is 11.3 Å². The smallest absolute Gasteiger partial charge is 0.0675 e. The summed E-state index contributed by atoms with van der Waals surface area (Å²) in [4.78, 5) is 0. The summed E-state index contributed by atoms with van der Waals surface area (Å²) in [5, 5.41) is 7.67. The van der Waals surface area contributed by atoms with Crippen LogP contribution in [0.2, 0.25) is 0 Å². The van der Waals surface area contributed by atoms with Gasteiger partial charge in [-0.1, -0.05) is 0 Å². The Morgan fingerprint density at radius 3 is 3.00 bits per heavy atom. The summed E-state index contributed by atoms with van der Waals surface area (Å²) in [6.45, 7) is 1.96. The van der Waals surface area contributed by atoms with Crippen molar-refractivity contribution < 1.29 is 4.74 Å². The van der Waals surface area contributed by atoms with Gasteiger partial charge in [-0.05, 0) is 44.2 Å². The van der Waals surface area contributed by atoms with Gasteiger partial charge in [-0.25, -0.2) is 0 Å². The van der Waals surface area contributed by atoms with Crippen molar-refractivity contribution in [2.45, 2.75) is 31.8 Å².